The smallest absolute Gasteiger partial charge is 0.337 e. The third-order valence-corrected chi connectivity index (χ3v) is 6.85. The zero-order valence-electron chi connectivity index (χ0n) is 19.5. The number of rotatable bonds is 6. The van der Waals surface area contributed by atoms with Crippen molar-refractivity contribution in [2.45, 2.75) is 38.1 Å². The fourth-order valence-electron chi connectivity index (χ4n) is 4.87. The Hall–Kier alpha value is -3.92. The molecule has 1 atom stereocenters. The van der Waals surface area contributed by atoms with Crippen molar-refractivity contribution >= 4 is 40.3 Å². The molecule has 2 N–H and O–H groups in total. The number of carbonyl (C=O) groups excluding carboxylic acids is 1. The summed E-state index contributed by atoms with van der Waals surface area (Å²) in [5, 5.41) is 12.2. The van der Waals surface area contributed by atoms with E-state index in [1.54, 1.807) is 16.7 Å². The lowest BCUT2D eigenvalue weighted by molar-refractivity contribution is -0.121. The van der Waals surface area contributed by atoms with Crippen LogP contribution in [0.4, 0.5) is 14.6 Å². The average molecular weight is 526 g/mol. The van der Waals surface area contributed by atoms with Crippen molar-refractivity contribution < 1.29 is 23.5 Å². The average Bonchev–Trinajstić information content (AvgIpc) is 3.23. The van der Waals surface area contributed by atoms with Crippen LogP contribution in [-0.2, 0) is 4.79 Å². The second-order valence-corrected chi connectivity index (χ2v) is 9.39. The van der Waals surface area contributed by atoms with E-state index in [2.05, 4.69) is 20.3 Å². The van der Waals surface area contributed by atoms with E-state index in [1.807, 2.05) is 0 Å². The molecule has 3 aromatic heterocycles. The van der Waals surface area contributed by atoms with Crippen LogP contribution in [0.5, 0.6) is 0 Å². The van der Waals surface area contributed by atoms with Crippen LogP contribution in [-0.4, -0.2) is 36.5 Å². The van der Waals surface area contributed by atoms with Gasteiger partial charge in [-0.15, -0.1) is 0 Å². The van der Waals surface area contributed by atoms with Gasteiger partial charge in [0.15, 0.2) is 11.6 Å². The van der Waals surface area contributed by atoms with Crippen molar-refractivity contribution in [2.75, 3.05) is 5.32 Å². The van der Waals surface area contributed by atoms with Crippen LogP contribution in [0.1, 0.15) is 48.5 Å². The van der Waals surface area contributed by atoms with Crippen LogP contribution < -0.4 is 5.32 Å². The van der Waals surface area contributed by atoms with Crippen molar-refractivity contribution in [1.82, 2.24) is 19.5 Å². The lowest BCUT2D eigenvalue weighted by atomic mass is 9.83. The van der Waals surface area contributed by atoms with Gasteiger partial charge in [-0.2, -0.15) is 0 Å². The Morgan fingerprint density at radius 2 is 1.78 bits per heavy atom. The molecule has 0 saturated heterocycles. The number of benzene rings is 1. The minimum Gasteiger partial charge on any atom is -0.478 e. The number of hydrogen-bond donors (Lipinski definition) is 2. The van der Waals surface area contributed by atoms with E-state index in [1.165, 1.54) is 18.3 Å². The highest BCUT2D eigenvalue weighted by Gasteiger charge is 2.35. The van der Waals surface area contributed by atoms with Crippen molar-refractivity contribution in [3.8, 4) is 11.4 Å². The second-order valence-electron chi connectivity index (χ2n) is 9.00. The van der Waals surface area contributed by atoms with Crippen LogP contribution in [0.25, 0.3) is 22.4 Å². The van der Waals surface area contributed by atoms with Gasteiger partial charge in [-0.25, -0.2) is 28.5 Å². The molecule has 5 rings (SSSR count). The molecule has 11 heteroatoms. The Kier molecular flexibility index (Phi) is 6.84. The first-order valence-electron chi connectivity index (χ1n) is 11.8. The van der Waals surface area contributed by atoms with Crippen LogP contribution in [0, 0.1) is 17.6 Å². The number of carboxylic acid groups (broad SMARTS) is 1. The third kappa shape index (κ3) is 5.01. The van der Waals surface area contributed by atoms with E-state index in [-0.39, 0.29) is 33.5 Å². The van der Waals surface area contributed by atoms with Gasteiger partial charge in [0.25, 0.3) is 0 Å². The van der Waals surface area contributed by atoms with Crippen molar-refractivity contribution in [1.29, 1.82) is 0 Å². The molecule has 1 unspecified atom stereocenters. The zero-order chi connectivity index (χ0) is 26.1. The minimum absolute atomic E-state index is 0.0162. The summed E-state index contributed by atoms with van der Waals surface area (Å²) >= 11 is 5.97. The van der Waals surface area contributed by atoms with Crippen molar-refractivity contribution in [3.05, 3.63) is 71.1 Å². The summed E-state index contributed by atoms with van der Waals surface area (Å²) in [4.78, 5) is 37.7. The molecule has 0 aliphatic heterocycles. The molecule has 0 bridgehead atoms. The normalized spacial score (nSPS) is 15.0. The van der Waals surface area contributed by atoms with Crippen molar-refractivity contribution in [3.63, 3.8) is 0 Å². The lowest BCUT2D eigenvalue weighted by Crippen LogP contribution is -2.34. The van der Waals surface area contributed by atoms with Gasteiger partial charge < -0.3 is 15.0 Å². The molecule has 0 radical (unpaired) electrons. The highest BCUT2D eigenvalue weighted by atomic mass is 35.5. The minimum atomic E-state index is -1.13. The molecule has 8 nitrogen and oxygen atoms in total. The number of anilines is 1. The predicted molar refractivity (Wildman–Crippen MR) is 133 cm³/mol. The van der Waals surface area contributed by atoms with Crippen LogP contribution >= 0.6 is 11.6 Å². The molecule has 37 heavy (non-hydrogen) atoms. The number of hydrogen-bond acceptors (Lipinski definition) is 5. The first-order valence-corrected chi connectivity index (χ1v) is 12.2. The molecule has 1 amide bonds. The predicted octanol–water partition coefficient (Wildman–Crippen LogP) is 5.88. The fraction of sp³-hybridized carbons (Fsp3) is 0.269. The maximum absolute atomic E-state index is 14.4. The Bertz CT molecular complexity index is 1470. The summed E-state index contributed by atoms with van der Waals surface area (Å²) < 4.78 is 30.2. The Balaban J connectivity index is 1.65. The quantitative estimate of drug-likeness (QED) is 0.304. The molecule has 1 aliphatic rings. The number of fused-ring (bicyclic) bond motifs is 1. The second kappa shape index (κ2) is 10.2. The number of carboxylic acids is 1. The topological polar surface area (TPSA) is 110 Å². The van der Waals surface area contributed by atoms with E-state index >= 15 is 0 Å². The highest BCUT2D eigenvalue weighted by Crippen LogP contribution is 2.39. The number of nitrogens with one attached hydrogen (secondary N) is 1. The number of amides is 1. The third-order valence-electron chi connectivity index (χ3n) is 6.62. The lowest BCUT2D eigenvalue weighted by Gasteiger charge is -2.31. The Morgan fingerprint density at radius 3 is 2.43 bits per heavy atom. The number of halogens is 3. The highest BCUT2D eigenvalue weighted by molar-refractivity contribution is 6.29. The van der Waals surface area contributed by atoms with Gasteiger partial charge in [-0.05, 0) is 43.0 Å². The van der Waals surface area contributed by atoms with Gasteiger partial charge in [-0.1, -0.05) is 30.9 Å². The molecule has 1 saturated carbocycles. The zero-order valence-corrected chi connectivity index (χ0v) is 20.3. The molecule has 1 aliphatic carbocycles. The summed E-state index contributed by atoms with van der Waals surface area (Å²) in [7, 11) is 0. The van der Waals surface area contributed by atoms with Gasteiger partial charge >= 0.3 is 5.97 Å². The Morgan fingerprint density at radius 1 is 1.03 bits per heavy atom. The number of carbonyl (C=O) groups is 2. The molecule has 1 fully saturated rings. The first-order chi connectivity index (χ1) is 17.8. The molecular weight excluding hydrogens is 504 g/mol. The summed E-state index contributed by atoms with van der Waals surface area (Å²) in [5.74, 6) is -3.27. The van der Waals surface area contributed by atoms with Gasteiger partial charge in [0.2, 0.25) is 5.91 Å². The van der Waals surface area contributed by atoms with E-state index in [0.29, 0.717) is 11.4 Å². The molecule has 0 spiro atoms. The first kappa shape index (κ1) is 24.8. The van der Waals surface area contributed by atoms with E-state index in [9.17, 15) is 18.4 Å². The molecule has 1 aromatic carbocycles. The van der Waals surface area contributed by atoms with E-state index in [4.69, 9.17) is 16.7 Å². The van der Waals surface area contributed by atoms with Gasteiger partial charge in [-0.3, -0.25) is 4.79 Å². The number of aromatic nitrogens is 4. The maximum atomic E-state index is 14.4. The number of pyridine rings is 2. The maximum Gasteiger partial charge on any atom is 0.337 e. The molecule has 3 heterocycles. The van der Waals surface area contributed by atoms with Gasteiger partial charge in [0.1, 0.15) is 22.8 Å². The van der Waals surface area contributed by atoms with Crippen LogP contribution in [0.3, 0.4) is 0 Å². The van der Waals surface area contributed by atoms with Crippen molar-refractivity contribution in [2.24, 2.45) is 5.92 Å². The van der Waals surface area contributed by atoms with Crippen LogP contribution in [0.15, 0.2) is 48.8 Å². The number of aromatic carboxylic acids is 1. The summed E-state index contributed by atoms with van der Waals surface area (Å²) in [6.45, 7) is 0. The standard InChI is InChI=1S/C26H22ClF2N5O3/c27-21-8-6-15(12-30-21)24-32-19-10-17(28)18(29)11-20(19)34(24)23(14-4-2-1-3-5-14)25(35)33-22-9-7-16(13-31-22)26(36)37/h6-14,23H,1-5H2,(H,36,37)(H,31,33,35). The SMILES string of the molecule is O=C(O)c1ccc(NC(=O)C(C2CCCCC2)n2c(-c3ccc(Cl)nc3)nc3cc(F)c(F)cc32)nc1. The number of nitrogens with zero attached hydrogens (tertiary/aromatic N) is 4. The molecule has 190 valence electrons. The van der Waals surface area contributed by atoms with Gasteiger partial charge in [0.05, 0.1) is 16.6 Å². The largest absolute Gasteiger partial charge is 0.478 e. The molecular formula is C26H22ClF2N5O3. The fourth-order valence-corrected chi connectivity index (χ4v) is 4.98. The van der Waals surface area contributed by atoms with E-state index in [0.717, 1.165) is 50.4 Å². The molecule has 4 aromatic rings. The van der Waals surface area contributed by atoms with E-state index < -0.39 is 29.6 Å². The number of imidazole rings is 1. The van der Waals surface area contributed by atoms with Crippen LogP contribution in [0.2, 0.25) is 5.15 Å². The monoisotopic (exact) mass is 525 g/mol. The summed E-state index contributed by atoms with van der Waals surface area (Å²) in [6.07, 6.45) is 7.05. The summed E-state index contributed by atoms with van der Waals surface area (Å²) in [5.41, 5.74) is 0.974. The van der Waals surface area contributed by atoms with Gasteiger partial charge in [0, 0.05) is 30.1 Å². The summed E-state index contributed by atoms with van der Waals surface area (Å²) in [6, 6.07) is 7.23. The Labute approximate surface area is 215 Å².